The van der Waals surface area contributed by atoms with Crippen molar-refractivity contribution in [3.8, 4) is 17.0 Å². The van der Waals surface area contributed by atoms with Crippen molar-refractivity contribution in [3.05, 3.63) is 83.1 Å². The summed E-state index contributed by atoms with van der Waals surface area (Å²) < 4.78 is 24.7. The predicted octanol–water partition coefficient (Wildman–Crippen LogP) is 4.88. The van der Waals surface area contributed by atoms with E-state index in [4.69, 9.17) is 28.0 Å². The Labute approximate surface area is 177 Å². The zero-order valence-corrected chi connectivity index (χ0v) is 17.0. The van der Waals surface area contributed by atoms with Crippen LogP contribution in [0.4, 0.5) is 0 Å². The minimum Gasteiger partial charge on any atom is -0.394 e. The number of aromatic nitrogens is 2. The van der Waals surface area contributed by atoms with Gasteiger partial charge in [0, 0.05) is 10.9 Å². The molecule has 1 N–H and O–H groups in total. The van der Waals surface area contributed by atoms with Crippen LogP contribution in [0.25, 0.3) is 22.2 Å². The molecule has 0 atom stereocenters. The number of sulfonamides is 1. The molecule has 0 amide bonds. The van der Waals surface area contributed by atoms with Gasteiger partial charge < -0.3 is 4.84 Å². The third-order valence-electron chi connectivity index (χ3n) is 4.13. The summed E-state index contributed by atoms with van der Waals surface area (Å²) in [5.41, 5.74) is 1.70. The summed E-state index contributed by atoms with van der Waals surface area (Å²) in [6.07, 6.45) is 1.39. The van der Waals surface area contributed by atoms with E-state index in [2.05, 4.69) is 14.9 Å². The lowest BCUT2D eigenvalue weighted by atomic mass is 10.1. The molecule has 0 bridgehead atoms. The number of nitrogens with one attached hydrogen (secondary N) is 1. The summed E-state index contributed by atoms with van der Waals surface area (Å²) in [5.74, 6) is 0.248. The molecule has 0 aliphatic rings. The molecule has 0 saturated heterocycles. The highest BCUT2D eigenvalue weighted by molar-refractivity contribution is 7.89. The molecule has 146 valence electrons. The van der Waals surface area contributed by atoms with Gasteiger partial charge in [-0.3, -0.25) is 0 Å². The number of benzene rings is 3. The second kappa shape index (κ2) is 7.96. The zero-order valence-electron chi connectivity index (χ0n) is 14.7. The number of fused-ring (bicyclic) bond motifs is 1. The number of para-hydroxylation sites is 1. The molecule has 0 aliphatic carbocycles. The molecule has 3 aromatic carbocycles. The van der Waals surface area contributed by atoms with Crippen LogP contribution in [0.3, 0.4) is 0 Å². The fourth-order valence-electron chi connectivity index (χ4n) is 2.77. The van der Waals surface area contributed by atoms with Crippen molar-refractivity contribution in [1.29, 1.82) is 0 Å². The average molecular weight is 446 g/mol. The van der Waals surface area contributed by atoms with Crippen molar-refractivity contribution in [2.75, 3.05) is 0 Å². The van der Waals surface area contributed by atoms with E-state index in [0.29, 0.717) is 32.2 Å². The van der Waals surface area contributed by atoms with Crippen molar-refractivity contribution in [1.82, 2.24) is 14.9 Å². The van der Waals surface area contributed by atoms with Gasteiger partial charge in [0.2, 0.25) is 0 Å². The number of halogens is 2. The van der Waals surface area contributed by atoms with Crippen LogP contribution in [0.15, 0.2) is 78.0 Å². The SMILES string of the molecule is O=S(=O)(NOc1ccc(Cl)c(-c2ncnc3c(Cl)cccc23)c1)c1ccccc1. The van der Waals surface area contributed by atoms with Gasteiger partial charge >= 0.3 is 0 Å². The first kappa shape index (κ1) is 19.6. The Morgan fingerprint density at radius 2 is 1.66 bits per heavy atom. The molecule has 0 unspecified atom stereocenters. The van der Waals surface area contributed by atoms with Gasteiger partial charge in [-0.05, 0) is 41.3 Å². The Morgan fingerprint density at radius 3 is 2.45 bits per heavy atom. The maximum Gasteiger partial charge on any atom is 0.271 e. The second-order valence-corrected chi connectivity index (χ2v) is 8.46. The Kier molecular flexibility index (Phi) is 5.38. The highest BCUT2D eigenvalue weighted by atomic mass is 35.5. The van der Waals surface area contributed by atoms with Crippen LogP contribution in [-0.4, -0.2) is 18.4 Å². The van der Waals surface area contributed by atoms with Gasteiger partial charge in [0.05, 0.1) is 26.2 Å². The maximum absolute atomic E-state index is 12.3. The third kappa shape index (κ3) is 4.04. The largest absolute Gasteiger partial charge is 0.394 e. The maximum atomic E-state index is 12.3. The van der Waals surface area contributed by atoms with Crippen LogP contribution in [0.2, 0.25) is 10.0 Å². The smallest absolute Gasteiger partial charge is 0.271 e. The average Bonchev–Trinajstić information content (AvgIpc) is 2.74. The van der Waals surface area contributed by atoms with E-state index in [0.717, 1.165) is 0 Å². The second-order valence-electron chi connectivity index (χ2n) is 6.00. The van der Waals surface area contributed by atoms with Crippen molar-refractivity contribution < 1.29 is 13.3 Å². The normalized spacial score (nSPS) is 11.5. The quantitative estimate of drug-likeness (QED) is 0.442. The van der Waals surface area contributed by atoms with Gasteiger partial charge in [0.15, 0.2) is 0 Å². The monoisotopic (exact) mass is 445 g/mol. The first-order valence-electron chi connectivity index (χ1n) is 8.38. The molecule has 0 saturated carbocycles. The van der Waals surface area contributed by atoms with Crippen LogP contribution in [-0.2, 0) is 10.0 Å². The van der Waals surface area contributed by atoms with Crippen LogP contribution >= 0.6 is 23.2 Å². The van der Waals surface area contributed by atoms with Crippen molar-refractivity contribution in [3.63, 3.8) is 0 Å². The van der Waals surface area contributed by atoms with E-state index < -0.39 is 10.0 Å². The van der Waals surface area contributed by atoms with Gasteiger partial charge in [-0.15, -0.1) is 0 Å². The Balaban J connectivity index is 1.69. The number of hydrogen-bond donors (Lipinski definition) is 1. The Bertz CT molecular complexity index is 1300. The number of nitrogens with zero attached hydrogens (tertiary/aromatic N) is 2. The fraction of sp³-hybridized carbons (Fsp3) is 0. The first-order valence-corrected chi connectivity index (χ1v) is 10.6. The van der Waals surface area contributed by atoms with Gasteiger partial charge in [-0.1, -0.05) is 53.5 Å². The molecule has 1 aromatic heterocycles. The summed E-state index contributed by atoms with van der Waals surface area (Å²) >= 11 is 12.6. The molecule has 1 heterocycles. The lowest BCUT2D eigenvalue weighted by molar-refractivity contribution is 0.269. The highest BCUT2D eigenvalue weighted by Gasteiger charge is 2.16. The fourth-order valence-corrected chi connectivity index (χ4v) is 4.01. The molecule has 4 rings (SSSR count). The van der Waals surface area contributed by atoms with Gasteiger partial charge in [0.25, 0.3) is 10.0 Å². The molecular weight excluding hydrogens is 433 g/mol. The first-order chi connectivity index (χ1) is 14.0. The van der Waals surface area contributed by atoms with E-state index in [1.165, 1.54) is 18.5 Å². The van der Waals surface area contributed by atoms with E-state index in [-0.39, 0.29) is 10.6 Å². The van der Waals surface area contributed by atoms with Crippen LogP contribution in [0, 0.1) is 0 Å². The van der Waals surface area contributed by atoms with Gasteiger partial charge in [0.1, 0.15) is 12.1 Å². The van der Waals surface area contributed by atoms with Crippen molar-refractivity contribution in [2.24, 2.45) is 0 Å². The van der Waals surface area contributed by atoms with E-state index in [1.54, 1.807) is 48.5 Å². The summed E-state index contributed by atoms with van der Waals surface area (Å²) in [6.45, 7) is 0. The summed E-state index contributed by atoms with van der Waals surface area (Å²) in [5, 5.41) is 1.62. The summed E-state index contributed by atoms with van der Waals surface area (Å²) in [7, 11) is -3.83. The van der Waals surface area contributed by atoms with Crippen molar-refractivity contribution >= 4 is 44.1 Å². The molecule has 0 spiro atoms. The van der Waals surface area contributed by atoms with Crippen LogP contribution < -0.4 is 9.72 Å². The molecular formula is C20H13Cl2N3O3S. The molecule has 6 nitrogen and oxygen atoms in total. The molecule has 0 radical (unpaired) electrons. The summed E-state index contributed by atoms with van der Waals surface area (Å²) in [4.78, 5) is 16.1. The standard InChI is InChI=1S/C20H13Cl2N3O3S/c21-17-10-9-13(28-25-29(26,27)14-5-2-1-3-6-14)11-16(17)19-15-7-4-8-18(22)20(15)24-12-23-19/h1-12,25H. The predicted molar refractivity (Wildman–Crippen MR) is 112 cm³/mol. The summed E-state index contributed by atoms with van der Waals surface area (Å²) in [6, 6.07) is 18.0. The van der Waals surface area contributed by atoms with Crippen LogP contribution in [0.1, 0.15) is 0 Å². The Hall–Kier alpha value is -2.71. The Morgan fingerprint density at radius 1 is 0.862 bits per heavy atom. The molecule has 0 fully saturated rings. The molecule has 9 heteroatoms. The van der Waals surface area contributed by atoms with Crippen molar-refractivity contribution in [2.45, 2.75) is 4.90 Å². The van der Waals surface area contributed by atoms with E-state index in [9.17, 15) is 8.42 Å². The van der Waals surface area contributed by atoms with Gasteiger partial charge in [-0.2, -0.15) is 0 Å². The minimum absolute atomic E-state index is 0.0885. The lowest BCUT2D eigenvalue weighted by Crippen LogP contribution is -2.27. The highest BCUT2D eigenvalue weighted by Crippen LogP contribution is 2.35. The molecule has 29 heavy (non-hydrogen) atoms. The van der Waals surface area contributed by atoms with E-state index in [1.807, 2.05) is 6.07 Å². The lowest BCUT2D eigenvalue weighted by Gasteiger charge is -2.11. The minimum atomic E-state index is -3.83. The van der Waals surface area contributed by atoms with E-state index >= 15 is 0 Å². The number of hydrogen-bond acceptors (Lipinski definition) is 5. The zero-order chi connectivity index (χ0) is 20.4. The molecule has 4 aromatic rings. The molecule has 0 aliphatic heterocycles. The van der Waals surface area contributed by atoms with Crippen LogP contribution in [0.5, 0.6) is 5.75 Å². The number of rotatable bonds is 5. The topological polar surface area (TPSA) is 81.2 Å². The van der Waals surface area contributed by atoms with Gasteiger partial charge in [-0.25, -0.2) is 18.4 Å². The third-order valence-corrected chi connectivity index (χ3v) is 5.96.